The first-order chi connectivity index (χ1) is 10.3. The standard InChI is InChI=1S/C18H27NO2/c1-3-5-12-19(4-2)13-15-21-18-11-8-10-17(16-18)9-6-7-14-20/h8,10-11,16,20H,3-5,7,12-15H2,1-2H3. The highest BCUT2D eigenvalue weighted by atomic mass is 16.5. The Balaban J connectivity index is 2.41. The molecule has 3 heteroatoms. The first kappa shape index (κ1) is 17.6. The lowest BCUT2D eigenvalue weighted by molar-refractivity contribution is 0.213. The zero-order valence-electron chi connectivity index (χ0n) is 13.3. The Morgan fingerprint density at radius 2 is 2.10 bits per heavy atom. The third kappa shape index (κ3) is 7.75. The van der Waals surface area contributed by atoms with Gasteiger partial charge in [-0.3, -0.25) is 0 Å². The monoisotopic (exact) mass is 289 g/mol. The molecule has 0 unspecified atom stereocenters. The summed E-state index contributed by atoms with van der Waals surface area (Å²) in [5.41, 5.74) is 0.930. The predicted octanol–water partition coefficient (Wildman–Crippen LogP) is 2.92. The minimum atomic E-state index is 0.105. The van der Waals surface area contributed by atoms with Gasteiger partial charge in [0.15, 0.2) is 0 Å². The van der Waals surface area contributed by atoms with Crippen molar-refractivity contribution >= 4 is 0 Å². The van der Waals surface area contributed by atoms with E-state index in [1.807, 2.05) is 24.3 Å². The third-order valence-corrected chi connectivity index (χ3v) is 3.25. The molecular weight excluding hydrogens is 262 g/mol. The van der Waals surface area contributed by atoms with E-state index >= 15 is 0 Å². The summed E-state index contributed by atoms with van der Waals surface area (Å²) in [4.78, 5) is 2.41. The fourth-order valence-electron chi connectivity index (χ4n) is 1.99. The van der Waals surface area contributed by atoms with Crippen LogP contribution >= 0.6 is 0 Å². The van der Waals surface area contributed by atoms with Crippen molar-refractivity contribution in [3.63, 3.8) is 0 Å². The second kappa shape index (κ2) is 11.2. The van der Waals surface area contributed by atoms with Gasteiger partial charge < -0.3 is 14.7 Å². The van der Waals surface area contributed by atoms with Crippen LogP contribution in [0.1, 0.15) is 38.7 Å². The molecule has 0 saturated heterocycles. The van der Waals surface area contributed by atoms with Crippen molar-refractivity contribution in [1.82, 2.24) is 4.90 Å². The van der Waals surface area contributed by atoms with E-state index in [2.05, 4.69) is 30.6 Å². The Morgan fingerprint density at radius 3 is 2.81 bits per heavy atom. The Morgan fingerprint density at radius 1 is 1.24 bits per heavy atom. The number of ether oxygens (including phenoxy) is 1. The zero-order valence-corrected chi connectivity index (χ0v) is 13.3. The van der Waals surface area contributed by atoms with Gasteiger partial charge in [0.1, 0.15) is 12.4 Å². The minimum absolute atomic E-state index is 0.105. The summed E-state index contributed by atoms with van der Waals surface area (Å²) in [7, 11) is 0. The number of nitrogens with zero attached hydrogens (tertiary/aromatic N) is 1. The molecule has 1 N–H and O–H groups in total. The Kier molecular flexibility index (Phi) is 9.35. The Hall–Kier alpha value is -1.50. The summed E-state index contributed by atoms with van der Waals surface area (Å²) in [6.07, 6.45) is 2.98. The van der Waals surface area contributed by atoms with Crippen molar-refractivity contribution in [3.8, 4) is 17.6 Å². The van der Waals surface area contributed by atoms with Crippen LogP contribution in [0.4, 0.5) is 0 Å². The molecule has 1 aromatic carbocycles. The molecule has 0 saturated carbocycles. The van der Waals surface area contributed by atoms with Gasteiger partial charge in [-0.05, 0) is 37.7 Å². The predicted molar refractivity (Wildman–Crippen MR) is 87.5 cm³/mol. The molecule has 0 atom stereocenters. The fourth-order valence-corrected chi connectivity index (χ4v) is 1.99. The van der Waals surface area contributed by atoms with E-state index in [1.54, 1.807) is 0 Å². The van der Waals surface area contributed by atoms with Crippen molar-refractivity contribution < 1.29 is 9.84 Å². The molecule has 1 rings (SSSR count). The Labute approximate surface area is 128 Å². The van der Waals surface area contributed by atoms with Crippen LogP contribution in [0, 0.1) is 11.8 Å². The molecule has 3 nitrogen and oxygen atoms in total. The molecule has 116 valence electrons. The van der Waals surface area contributed by atoms with E-state index < -0.39 is 0 Å². The smallest absolute Gasteiger partial charge is 0.120 e. The number of unbranched alkanes of at least 4 members (excludes halogenated alkanes) is 1. The van der Waals surface area contributed by atoms with Gasteiger partial charge in [0.05, 0.1) is 6.61 Å². The van der Waals surface area contributed by atoms with Crippen LogP contribution in [0.25, 0.3) is 0 Å². The largest absolute Gasteiger partial charge is 0.492 e. The highest BCUT2D eigenvalue weighted by Gasteiger charge is 2.02. The average molecular weight is 289 g/mol. The van der Waals surface area contributed by atoms with Crippen LogP contribution < -0.4 is 4.74 Å². The van der Waals surface area contributed by atoms with Gasteiger partial charge >= 0.3 is 0 Å². The van der Waals surface area contributed by atoms with Crippen LogP contribution in [0.15, 0.2) is 24.3 Å². The summed E-state index contributed by atoms with van der Waals surface area (Å²) < 4.78 is 5.81. The molecule has 0 aliphatic carbocycles. The number of rotatable bonds is 9. The third-order valence-electron chi connectivity index (χ3n) is 3.25. The van der Waals surface area contributed by atoms with Gasteiger partial charge in [-0.2, -0.15) is 0 Å². The van der Waals surface area contributed by atoms with Gasteiger partial charge in [-0.25, -0.2) is 0 Å². The van der Waals surface area contributed by atoms with Crippen LogP contribution in [0.5, 0.6) is 5.75 Å². The molecule has 21 heavy (non-hydrogen) atoms. The fraction of sp³-hybridized carbons (Fsp3) is 0.556. The second-order valence-corrected chi connectivity index (χ2v) is 4.94. The molecule has 0 bridgehead atoms. The molecule has 0 heterocycles. The van der Waals surface area contributed by atoms with Crippen LogP contribution in [0.3, 0.4) is 0 Å². The molecule has 0 aromatic heterocycles. The molecule has 1 aromatic rings. The zero-order chi connectivity index (χ0) is 15.3. The average Bonchev–Trinajstić information content (AvgIpc) is 2.51. The number of hydrogen-bond donors (Lipinski definition) is 1. The van der Waals surface area contributed by atoms with E-state index in [4.69, 9.17) is 9.84 Å². The van der Waals surface area contributed by atoms with E-state index in [0.717, 1.165) is 30.9 Å². The molecule has 0 fully saturated rings. The van der Waals surface area contributed by atoms with Crippen molar-refractivity contribution in [2.24, 2.45) is 0 Å². The first-order valence-electron chi connectivity index (χ1n) is 7.85. The summed E-state index contributed by atoms with van der Waals surface area (Å²) >= 11 is 0. The Bertz CT molecular complexity index is 448. The number of likely N-dealkylation sites (N-methyl/N-ethyl adjacent to an activating group) is 1. The van der Waals surface area contributed by atoms with Gasteiger partial charge in [0, 0.05) is 18.5 Å². The van der Waals surface area contributed by atoms with Crippen LogP contribution in [-0.2, 0) is 0 Å². The number of aliphatic hydroxyl groups excluding tert-OH is 1. The molecular formula is C18H27NO2. The maximum absolute atomic E-state index is 8.72. The number of aliphatic hydroxyl groups is 1. The van der Waals surface area contributed by atoms with Crippen molar-refractivity contribution in [1.29, 1.82) is 0 Å². The van der Waals surface area contributed by atoms with Crippen LogP contribution in [-0.4, -0.2) is 42.9 Å². The molecule has 0 aliphatic rings. The van der Waals surface area contributed by atoms with Crippen molar-refractivity contribution in [3.05, 3.63) is 29.8 Å². The SMILES string of the molecule is CCCCN(CC)CCOc1cccc(C#CCCO)c1. The lowest BCUT2D eigenvalue weighted by Crippen LogP contribution is -2.29. The van der Waals surface area contributed by atoms with Crippen molar-refractivity contribution in [2.45, 2.75) is 33.1 Å². The summed E-state index contributed by atoms with van der Waals surface area (Å²) in [5.74, 6) is 6.80. The van der Waals surface area contributed by atoms with E-state index in [9.17, 15) is 0 Å². The lowest BCUT2D eigenvalue weighted by atomic mass is 10.2. The highest BCUT2D eigenvalue weighted by Crippen LogP contribution is 2.12. The topological polar surface area (TPSA) is 32.7 Å². The number of benzene rings is 1. The molecule has 0 aliphatic heterocycles. The normalized spacial score (nSPS) is 10.3. The van der Waals surface area contributed by atoms with E-state index in [-0.39, 0.29) is 6.61 Å². The van der Waals surface area contributed by atoms with Gasteiger partial charge in [-0.1, -0.05) is 38.2 Å². The molecule has 0 radical (unpaired) electrons. The van der Waals surface area contributed by atoms with Crippen LogP contribution in [0.2, 0.25) is 0 Å². The maximum atomic E-state index is 8.72. The minimum Gasteiger partial charge on any atom is -0.492 e. The summed E-state index contributed by atoms with van der Waals surface area (Å²) in [6, 6.07) is 7.82. The summed E-state index contributed by atoms with van der Waals surface area (Å²) in [6.45, 7) is 8.37. The maximum Gasteiger partial charge on any atom is 0.120 e. The quantitative estimate of drug-likeness (QED) is 0.710. The lowest BCUT2D eigenvalue weighted by Gasteiger charge is -2.20. The molecule has 0 amide bonds. The first-order valence-corrected chi connectivity index (χ1v) is 7.85. The highest BCUT2D eigenvalue weighted by molar-refractivity contribution is 5.39. The van der Waals surface area contributed by atoms with Gasteiger partial charge in [-0.15, -0.1) is 0 Å². The van der Waals surface area contributed by atoms with Gasteiger partial charge in [0.25, 0.3) is 0 Å². The number of hydrogen-bond acceptors (Lipinski definition) is 3. The molecule has 0 spiro atoms. The summed E-state index contributed by atoms with van der Waals surface area (Å²) in [5, 5.41) is 8.72. The van der Waals surface area contributed by atoms with E-state index in [0.29, 0.717) is 13.0 Å². The van der Waals surface area contributed by atoms with E-state index in [1.165, 1.54) is 12.8 Å². The van der Waals surface area contributed by atoms with Crippen molar-refractivity contribution in [2.75, 3.05) is 32.8 Å². The second-order valence-electron chi connectivity index (χ2n) is 4.94. The van der Waals surface area contributed by atoms with Gasteiger partial charge in [0.2, 0.25) is 0 Å².